The van der Waals surface area contributed by atoms with E-state index >= 15 is 0 Å². The van der Waals surface area contributed by atoms with Gasteiger partial charge < -0.3 is 14.8 Å². The van der Waals surface area contributed by atoms with E-state index in [-0.39, 0.29) is 17.8 Å². The van der Waals surface area contributed by atoms with Gasteiger partial charge in [-0.25, -0.2) is 9.37 Å². The van der Waals surface area contributed by atoms with Gasteiger partial charge in [0.1, 0.15) is 17.3 Å². The van der Waals surface area contributed by atoms with Crippen molar-refractivity contribution in [1.82, 2.24) is 14.5 Å². The van der Waals surface area contributed by atoms with Gasteiger partial charge in [-0.15, -0.1) is 0 Å². The number of carbonyl (C=O) groups is 2. The number of carbonyl (C=O) groups excluding carboxylic acids is 2. The Bertz CT molecular complexity index is 1120. The van der Waals surface area contributed by atoms with Crippen LogP contribution in [0.2, 0.25) is 10.0 Å². The molecule has 1 N–H and O–H groups in total. The molecule has 1 aromatic heterocycles. The number of halogens is 3. The lowest BCUT2D eigenvalue weighted by atomic mass is 10.1. The largest absolute Gasteiger partial charge is 0.331 e. The summed E-state index contributed by atoms with van der Waals surface area (Å²) in [5, 5.41) is 3.47. The minimum absolute atomic E-state index is 0.0165. The molecule has 148 valence electrons. The molecule has 0 saturated carbocycles. The van der Waals surface area contributed by atoms with Crippen LogP contribution >= 0.6 is 23.2 Å². The van der Waals surface area contributed by atoms with E-state index < -0.39 is 17.6 Å². The van der Waals surface area contributed by atoms with Crippen molar-refractivity contribution in [2.45, 2.75) is 13.1 Å². The van der Waals surface area contributed by atoms with E-state index in [4.69, 9.17) is 23.2 Å². The van der Waals surface area contributed by atoms with Gasteiger partial charge in [-0.3, -0.25) is 9.59 Å². The van der Waals surface area contributed by atoms with Crippen LogP contribution in [0.25, 0.3) is 0 Å². The second-order valence-corrected chi connectivity index (χ2v) is 7.36. The number of nitrogens with zero attached hydrogens (tertiary/aromatic N) is 3. The molecule has 2 aromatic carbocycles. The summed E-state index contributed by atoms with van der Waals surface area (Å²) in [7, 11) is 0. The first-order valence-electron chi connectivity index (χ1n) is 8.78. The quantitative estimate of drug-likeness (QED) is 0.672. The Morgan fingerprint density at radius 1 is 1.10 bits per heavy atom. The molecule has 4 rings (SSSR count). The summed E-state index contributed by atoms with van der Waals surface area (Å²) in [6.07, 6.45) is 1.62. The number of imidazole rings is 1. The van der Waals surface area contributed by atoms with Crippen LogP contribution in [0.1, 0.15) is 26.7 Å². The van der Waals surface area contributed by atoms with E-state index in [9.17, 15) is 14.0 Å². The number of benzene rings is 2. The number of aromatic nitrogens is 2. The third-order valence-corrected chi connectivity index (χ3v) is 5.15. The highest BCUT2D eigenvalue weighted by Crippen LogP contribution is 2.26. The van der Waals surface area contributed by atoms with Gasteiger partial charge in [-0.1, -0.05) is 35.3 Å². The van der Waals surface area contributed by atoms with Crippen LogP contribution in [0, 0.1) is 5.82 Å². The van der Waals surface area contributed by atoms with Crippen molar-refractivity contribution < 1.29 is 14.0 Å². The molecular weight excluding hydrogens is 418 g/mol. The predicted octanol–water partition coefficient (Wildman–Crippen LogP) is 4.24. The Kier molecular flexibility index (Phi) is 5.25. The van der Waals surface area contributed by atoms with E-state index in [1.165, 1.54) is 29.2 Å². The molecule has 0 spiro atoms. The smallest absolute Gasteiger partial charge is 0.275 e. The fourth-order valence-corrected chi connectivity index (χ4v) is 3.57. The van der Waals surface area contributed by atoms with Crippen molar-refractivity contribution in [2.24, 2.45) is 0 Å². The summed E-state index contributed by atoms with van der Waals surface area (Å²) in [6.45, 7) is 1.03. The zero-order valence-corrected chi connectivity index (χ0v) is 16.5. The van der Waals surface area contributed by atoms with E-state index in [1.807, 2.05) is 4.57 Å². The molecule has 6 nitrogen and oxygen atoms in total. The number of anilines is 1. The molecule has 9 heteroatoms. The fourth-order valence-electron chi connectivity index (χ4n) is 3.12. The first-order valence-corrected chi connectivity index (χ1v) is 9.54. The molecule has 0 aliphatic carbocycles. The molecule has 3 aromatic rings. The number of hydrogen-bond donors (Lipinski definition) is 1. The third kappa shape index (κ3) is 3.97. The van der Waals surface area contributed by atoms with Crippen molar-refractivity contribution in [1.29, 1.82) is 0 Å². The van der Waals surface area contributed by atoms with Crippen molar-refractivity contribution in [3.63, 3.8) is 0 Å². The van der Waals surface area contributed by atoms with Crippen molar-refractivity contribution in [3.05, 3.63) is 81.6 Å². The fraction of sp³-hybridized carbons (Fsp3) is 0.150. The summed E-state index contributed by atoms with van der Waals surface area (Å²) in [4.78, 5) is 31.0. The van der Waals surface area contributed by atoms with Gasteiger partial charge in [0, 0.05) is 24.3 Å². The second-order valence-electron chi connectivity index (χ2n) is 6.52. The molecule has 1 aliphatic rings. The van der Waals surface area contributed by atoms with E-state index in [1.54, 1.807) is 24.4 Å². The van der Waals surface area contributed by atoms with Crippen molar-refractivity contribution in [2.75, 3.05) is 11.9 Å². The van der Waals surface area contributed by atoms with Gasteiger partial charge in [0.15, 0.2) is 0 Å². The molecule has 2 amide bonds. The maximum absolute atomic E-state index is 13.9. The third-order valence-electron chi connectivity index (χ3n) is 4.61. The minimum atomic E-state index is -0.564. The monoisotopic (exact) mass is 432 g/mol. The normalized spacial score (nSPS) is 13.1. The van der Waals surface area contributed by atoms with Crippen LogP contribution in [-0.2, 0) is 13.1 Å². The molecule has 0 fully saturated rings. The highest BCUT2D eigenvalue weighted by Gasteiger charge is 2.26. The Morgan fingerprint density at radius 3 is 2.66 bits per heavy atom. The first kappa shape index (κ1) is 19.4. The van der Waals surface area contributed by atoms with Crippen LogP contribution in [-0.4, -0.2) is 32.8 Å². The van der Waals surface area contributed by atoms with Crippen LogP contribution in [0.3, 0.4) is 0 Å². The average Bonchev–Trinajstić information content (AvgIpc) is 3.13. The van der Waals surface area contributed by atoms with Gasteiger partial charge in [0.25, 0.3) is 11.8 Å². The summed E-state index contributed by atoms with van der Waals surface area (Å²) >= 11 is 12.0. The Balaban J connectivity index is 1.50. The van der Waals surface area contributed by atoms with E-state index in [2.05, 4.69) is 10.3 Å². The highest BCUT2D eigenvalue weighted by atomic mass is 35.5. The van der Waals surface area contributed by atoms with Crippen LogP contribution in [0.4, 0.5) is 10.1 Å². The van der Waals surface area contributed by atoms with Gasteiger partial charge in [0.2, 0.25) is 0 Å². The van der Waals surface area contributed by atoms with Gasteiger partial charge >= 0.3 is 0 Å². The van der Waals surface area contributed by atoms with E-state index in [0.717, 1.165) is 0 Å². The lowest BCUT2D eigenvalue weighted by Crippen LogP contribution is -2.38. The Morgan fingerprint density at radius 2 is 1.90 bits per heavy atom. The van der Waals surface area contributed by atoms with Gasteiger partial charge in [-0.2, -0.15) is 0 Å². The zero-order chi connectivity index (χ0) is 20.5. The maximum atomic E-state index is 13.9. The Hall–Kier alpha value is -2.90. The summed E-state index contributed by atoms with van der Waals surface area (Å²) < 4.78 is 15.7. The molecule has 1 aliphatic heterocycles. The highest BCUT2D eigenvalue weighted by molar-refractivity contribution is 6.36. The van der Waals surface area contributed by atoms with Crippen LogP contribution in [0.5, 0.6) is 0 Å². The van der Waals surface area contributed by atoms with Crippen LogP contribution in [0.15, 0.2) is 48.7 Å². The lowest BCUT2D eigenvalue weighted by Gasteiger charge is -2.27. The van der Waals surface area contributed by atoms with Gasteiger partial charge in [-0.05, 0) is 30.3 Å². The first-order chi connectivity index (χ1) is 13.9. The van der Waals surface area contributed by atoms with Gasteiger partial charge in [0.05, 0.1) is 22.8 Å². The maximum Gasteiger partial charge on any atom is 0.275 e. The summed E-state index contributed by atoms with van der Waals surface area (Å²) in [5.41, 5.74) is 0.637. The minimum Gasteiger partial charge on any atom is -0.331 e. The van der Waals surface area contributed by atoms with Crippen LogP contribution < -0.4 is 5.32 Å². The molecule has 0 saturated heterocycles. The molecule has 0 bridgehead atoms. The molecule has 0 unspecified atom stereocenters. The number of rotatable bonds is 3. The zero-order valence-electron chi connectivity index (χ0n) is 15.0. The topological polar surface area (TPSA) is 67.2 Å². The van der Waals surface area contributed by atoms with Crippen molar-refractivity contribution in [3.8, 4) is 0 Å². The second kappa shape index (κ2) is 7.85. The predicted molar refractivity (Wildman–Crippen MR) is 108 cm³/mol. The molecule has 29 heavy (non-hydrogen) atoms. The molecular formula is C20H15Cl2FN4O2. The SMILES string of the molecule is O=C(Nc1ccc(Cl)cc1Cl)c1cn2c(n1)CN(C(=O)c1ccccc1F)CC2. The number of amides is 2. The number of nitrogens with one attached hydrogen (secondary N) is 1. The molecule has 2 heterocycles. The lowest BCUT2D eigenvalue weighted by molar-refractivity contribution is 0.0702. The van der Waals surface area contributed by atoms with E-state index in [0.29, 0.717) is 34.6 Å². The molecule has 0 radical (unpaired) electrons. The molecule has 0 atom stereocenters. The summed E-state index contributed by atoms with van der Waals surface area (Å²) in [5.74, 6) is -0.848. The standard InChI is InChI=1S/C20H15Cl2FN4O2/c21-12-5-6-16(14(22)9-12)25-19(28)17-10-26-7-8-27(11-18(26)24-17)20(29)13-3-1-2-4-15(13)23/h1-6,9-10H,7-8,11H2,(H,25,28). The number of fused-ring (bicyclic) bond motifs is 1. The average molecular weight is 433 g/mol. The van der Waals surface area contributed by atoms with Crippen molar-refractivity contribution >= 4 is 40.7 Å². The number of hydrogen-bond acceptors (Lipinski definition) is 3. The Labute approximate surface area is 175 Å². The summed E-state index contributed by atoms with van der Waals surface area (Å²) in [6, 6.07) is 10.6.